The lowest BCUT2D eigenvalue weighted by atomic mass is 10.00. The summed E-state index contributed by atoms with van der Waals surface area (Å²) in [6, 6.07) is 8.84. The average molecular weight is 399 g/mol. The molecule has 0 spiro atoms. The number of anilines is 1. The van der Waals surface area contributed by atoms with Crippen LogP contribution in [0.25, 0.3) is 0 Å². The predicted octanol–water partition coefficient (Wildman–Crippen LogP) is 4.34. The van der Waals surface area contributed by atoms with Gasteiger partial charge < -0.3 is 10.5 Å². The minimum Gasteiger partial charge on any atom is -0.496 e. The molecule has 0 aliphatic carbocycles. The molecule has 0 aliphatic rings. The van der Waals surface area contributed by atoms with Gasteiger partial charge in [0, 0.05) is 20.2 Å². The molecule has 20 heavy (non-hydrogen) atoms. The van der Waals surface area contributed by atoms with E-state index < -0.39 is 0 Å². The minimum atomic E-state index is -0.174. The van der Waals surface area contributed by atoms with Gasteiger partial charge in [-0.25, -0.2) is 0 Å². The van der Waals surface area contributed by atoms with Gasteiger partial charge in [0.15, 0.2) is 5.78 Å². The predicted molar refractivity (Wildman–Crippen MR) is 87.4 cm³/mol. The molecular weight excluding hydrogens is 386 g/mol. The lowest BCUT2D eigenvalue weighted by molar-refractivity contribution is 0.103. The maximum atomic E-state index is 12.7. The van der Waals surface area contributed by atoms with Crippen LogP contribution < -0.4 is 10.5 Å². The lowest BCUT2D eigenvalue weighted by Crippen LogP contribution is -2.08. The zero-order valence-corrected chi connectivity index (χ0v) is 14.2. The van der Waals surface area contributed by atoms with Gasteiger partial charge >= 0.3 is 0 Å². The van der Waals surface area contributed by atoms with Gasteiger partial charge in [-0.2, -0.15) is 0 Å². The molecule has 0 heterocycles. The van der Waals surface area contributed by atoms with E-state index in [0.717, 1.165) is 14.5 Å². The molecule has 0 fully saturated rings. The molecule has 2 N–H and O–H groups in total. The first-order chi connectivity index (χ1) is 9.45. The molecule has 0 saturated carbocycles. The molecule has 0 saturated heterocycles. The Hall–Kier alpha value is -1.33. The third-order valence-electron chi connectivity index (χ3n) is 3.00. The summed E-state index contributed by atoms with van der Waals surface area (Å²) in [5, 5.41) is 0. The fraction of sp³-hybridized carbons (Fsp3) is 0.133. The van der Waals surface area contributed by atoms with Gasteiger partial charge in [0.1, 0.15) is 5.75 Å². The molecule has 0 atom stereocenters. The molecule has 0 radical (unpaired) electrons. The number of benzene rings is 2. The molecule has 104 valence electrons. The van der Waals surface area contributed by atoms with Crippen LogP contribution in [-0.2, 0) is 0 Å². The van der Waals surface area contributed by atoms with Gasteiger partial charge in [-0.3, -0.25) is 4.79 Å². The van der Waals surface area contributed by atoms with Crippen molar-refractivity contribution in [1.29, 1.82) is 0 Å². The van der Waals surface area contributed by atoms with Crippen LogP contribution in [0.2, 0.25) is 0 Å². The van der Waals surface area contributed by atoms with Crippen LogP contribution in [0.3, 0.4) is 0 Å². The van der Waals surface area contributed by atoms with Gasteiger partial charge in [-0.15, -0.1) is 0 Å². The summed E-state index contributed by atoms with van der Waals surface area (Å²) in [7, 11) is 1.52. The van der Waals surface area contributed by atoms with E-state index in [-0.39, 0.29) is 5.78 Å². The van der Waals surface area contributed by atoms with E-state index >= 15 is 0 Å². The number of aryl methyl sites for hydroxylation is 1. The van der Waals surface area contributed by atoms with E-state index in [9.17, 15) is 4.79 Å². The largest absolute Gasteiger partial charge is 0.496 e. The van der Waals surface area contributed by atoms with Gasteiger partial charge in [-0.1, -0.05) is 37.9 Å². The number of carbonyl (C=O) groups is 1. The number of rotatable bonds is 3. The van der Waals surface area contributed by atoms with Crippen molar-refractivity contribution < 1.29 is 9.53 Å². The fourth-order valence-corrected chi connectivity index (χ4v) is 2.90. The highest BCUT2D eigenvalue weighted by Gasteiger charge is 2.20. The van der Waals surface area contributed by atoms with Crippen LogP contribution in [0.1, 0.15) is 21.5 Å². The quantitative estimate of drug-likeness (QED) is 0.617. The number of ketones is 1. The van der Waals surface area contributed by atoms with E-state index in [0.29, 0.717) is 22.6 Å². The van der Waals surface area contributed by atoms with E-state index in [1.54, 1.807) is 24.3 Å². The van der Waals surface area contributed by atoms with Crippen molar-refractivity contribution in [2.24, 2.45) is 0 Å². The van der Waals surface area contributed by atoms with E-state index in [4.69, 9.17) is 10.5 Å². The van der Waals surface area contributed by atoms with Crippen molar-refractivity contribution in [3.8, 4) is 5.75 Å². The third-order valence-corrected chi connectivity index (χ3v) is 4.51. The van der Waals surface area contributed by atoms with Gasteiger partial charge in [0.2, 0.25) is 0 Å². The molecule has 0 aliphatic heterocycles. The Kier molecular flexibility index (Phi) is 4.50. The zero-order valence-electron chi connectivity index (χ0n) is 11.0. The second-order valence-corrected chi connectivity index (χ2v) is 6.04. The first-order valence-electron chi connectivity index (χ1n) is 5.88. The summed E-state index contributed by atoms with van der Waals surface area (Å²) in [6.45, 7) is 1.96. The van der Waals surface area contributed by atoms with E-state index in [2.05, 4.69) is 31.9 Å². The Morgan fingerprint density at radius 1 is 1.20 bits per heavy atom. The minimum absolute atomic E-state index is 0.174. The summed E-state index contributed by atoms with van der Waals surface area (Å²) < 4.78 is 6.84. The monoisotopic (exact) mass is 397 g/mol. The molecule has 3 nitrogen and oxygen atoms in total. The van der Waals surface area contributed by atoms with Crippen LogP contribution in [0.4, 0.5) is 5.69 Å². The topological polar surface area (TPSA) is 52.3 Å². The molecule has 0 unspecified atom stereocenters. The van der Waals surface area contributed by atoms with Crippen molar-refractivity contribution in [2.75, 3.05) is 12.8 Å². The number of methoxy groups -OCH3 is 1. The van der Waals surface area contributed by atoms with Crippen molar-refractivity contribution in [1.82, 2.24) is 0 Å². The Bertz CT molecular complexity index is 684. The SMILES string of the molecule is COc1cccc(N)c1C(=O)c1cc(Br)c(C)cc1Br. The van der Waals surface area contributed by atoms with Crippen molar-refractivity contribution in [2.45, 2.75) is 6.92 Å². The highest BCUT2D eigenvalue weighted by Crippen LogP contribution is 2.32. The van der Waals surface area contributed by atoms with Gasteiger partial charge in [-0.05, 0) is 36.8 Å². The van der Waals surface area contributed by atoms with Crippen LogP contribution in [0.5, 0.6) is 5.75 Å². The normalized spacial score (nSPS) is 10.4. The third kappa shape index (κ3) is 2.74. The number of ether oxygens (including phenoxy) is 1. The summed E-state index contributed by atoms with van der Waals surface area (Å²) in [5.41, 5.74) is 8.29. The zero-order chi connectivity index (χ0) is 14.9. The maximum Gasteiger partial charge on any atom is 0.200 e. The second kappa shape index (κ2) is 5.97. The van der Waals surface area contributed by atoms with Crippen molar-refractivity contribution in [3.63, 3.8) is 0 Å². The molecule has 5 heteroatoms. The first-order valence-corrected chi connectivity index (χ1v) is 7.47. The number of nitrogen functional groups attached to an aromatic ring is 1. The molecule has 0 amide bonds. The Labute approximate surface area is 134 Å². The van der Waals surface area contributed by atoms with Crippen molar-refractivity contribution >= 4 is 43.3 Å². The highest BCUT2D eigenvalue weighted by atomic mass is 79.9. The Morgan fingerprint density at radius 3 is 2.55 bits per heavy atom. The molecule has 2 aromatic carbocycles. The summed E-state index contributed by atoms with van der Waals surface area (Å²) >= 11 is 6.87. The van der Waals surface area contributed by atoms with Gasteiger partial charge in [0.05, 0.1) is 12.7 Å². The summed E-state index contributed by atoms with van der Waals surface area (Å²) in [6.07, 6.45) is 0. The number of halogens is 2. The standard InChI is InChI=1S/C15H13Br2NO2/c1-8-6-11(17)9(7-10(8)16)15(19)14-12(18)4-3-5-13(14)20-2/h3-7H,18H2,1-2H3. The summed E-state index contributed by atoms with van der Waals surface area (Å²) in [5.74, 6) is 0.297. The van der Waals surface area contributed by atoms with Crippen molar-refractivity contribution in [3.05, 3.63) is 56.0 Å². The van der Waals surface area contributed by atoms with Crippen LogP contribution >= 0.6 is 31.9 Å². The van der Waals surface area contributed by atoms with E-state index in [1.165, 1.54) is 7.11 Å². The molecular formula is C15H13Br2NO2. The lowest BCUT2D eigenvalue weighted by Gasteiger charge is -2.12. The molecule has 2 rings (SSSR count). The Balaban J connectivity index is 2.61. The van der Waals surface area contributed by atoms with Crippen LogP contribution in [0.15, 0.2) is 39.3 Å². The highest BCUT2D eigenvalue weighted by molar-refractivity contribution is 9.11. The maximum absolute atomic E-state index is 12.7. The number of hydrogen-bond donors (Lipinski definition) is 1. The average Bonchev–Trinajstić information content (AvgIpc) is 2.41. The second-order valence-electron chi connectivity index (χ2n) is 4.33. The van der Waals surface area contributed by atoms with Gasteiger partial charge in [0.25, 0.3) is 0 Å². The molecule has 2 aromatic rings. The molecule has 0 aromatic heterocycles. The Morgan fingerprint density at radius 2 is 1.90 bits per heavy atom. The summed E-state index contributed by atoms with van der Waals surface area (Å²) in [4.78, 5) is 12.7. The smallest absolute Gasteiger partial charge is 0.200 e. The van der Waals surface area contributed by atoms with Crippen LogP contribution in [-0.4, -0.2) is 12.9 Å². The first kappa shape index (κ1) is 15.1. The number of carbonyl (C=O) groups excluding carboxylic acids is 1. The fourth-order valence-electron chi connectivity index (χ4n) is 1.92. The number of nitrogens with two attached hydrogens (primary N) is 1. The van der Waals surface area contributed by atoms with Crippen LogP contribution in [0, 0.1) is 6.92 Å². The number of hydrogen-bond acceptors (Lipinski definition) is 3. The van der Waals surface area contributed by atoms with E-state index in [1.807, 2.05) is 13.0 Å². The molecule has 0 bridgehead atoms.